The molecule has 6 nitrogen and oxygen atoms in total. The first-order valence-electron chi connectivity index (χ1n) is 11.7. The number of allylic oxidation sites excluding steroid dienone is 3. The maximum Gasteiger partial charge on any atom is 0.326 e. The number of aliphatic carboxylic acids is 1. The summed E-state index contributed by atoms with van der Waals surface area (Å²) in [5, 5.41) is 15.6. The van der Waals surface area contributed by atoms with Gasteiger partial charge in [0.05, 0.1) is 0 Å². The van der Waals surface area contributed by atoms with E-state index in [9.17, 15) is 19.1 Å². The largest absolute Gasteiger partial charge is 0.480 e. The van der Waals surface area contributed by atoms with Gasteiger partial charge >= 0.3 is 12.0 Å². The summed E-state index contributed by atoms with van der Waals surface area (Å²) in [7, 11) is 0. The lowest BCUT2D eigenvalue weighted by molar-refractivity contribution is -0.139. The summed E-state index contributed by atoms with van der Waals surface area (Å²) in [5.74, 6) is -1.22. The Labute approximate surface area is 201 Å². The van der Waals surface area contributed by atoms with Gasteiger partial charge in [-0.1, -0.05) is 43.5 Å². The summed E-state index contributed by atoms with van der Waals surface area (Å²) in [6, 6.07) is 5.11. The van der Waals surface area contributed by atoms with Crippen molar-refractivity contribution in [3.63, 3.8) is 0 Å². The zero-order chi connectivity index (χ0) is 25.1. The quantitative estimate of drug-likeness (QED) is 0.328. The molecule has 0 spiro atoms. The highest BCUT2D eigenvalue weighted by atomic mass is 19.1. The van der Waals surface area contributed by atoms with Crippen molar-refractivity contribution in [2.24, 2.45) is 0 Å². The first-order valence-corrected chi connectivity index (χ1v) is 11.7. The molecule has 1 aliphatic heterocycles. The Morgan fingerprint density at radius 2 is 2.09 bits per heavy atom. The number of hydrogen-bond donors (Lipinski definition) is 3. The van der Waals surface area contributed by atoms with Crippen LogP contribution in [0.15, 0.2) is 73.0 Å². The van der Waals surface area contributed by atoms with E-state index in [4.69, 9.17) is 0 Å². The molecule has 1 saturated heterocycles. The predicted molar refractivity (Wildman–Crippen MR) is 134 cm³/mol. The average molecular weight is 470 g/mol. The van der Waals surface area contributed by atoms with Crippen LogP contribution in [0.25, 0.3) is 0 Å². The second kappa shape index (κ2) is 13.4. The SMILES string of the molecule is C=CC(=C)/C(=C\NC(C)/C=C\C)CC(NC(=O)N1CCCC(c2cccc(F)c2)CC1)C(=O)O. The maximum absolute atomic E-state index is 13.6. The number of likely N-dealkylation sites (tertiary alicyclic amines) is 1. The second-order valence-corrected chi connectivity index (χ2v) is 8.59. The fourth-order valence-corrected chi connectivity index (χ4v) is 4.04. The molecular formula is C27H36FN3O3. The van der Waals surface area contributed by atoms with Gasteiger partial charge < -0.3 is 20.6 Å². The van der Waals surface area contributed by atoms with E-state index in [1.165, 1.54) is 6.07 Å². The fraction of sp³-hybridized carbons (Fsp3) is 0.407. The molecule has 2 amide bonds. The second-order valence-electron chi connectivity index (χ2n) is 8.59. The van der Waals surface area contributed by atoms with Crippen LogP contribution in [0.1, 0.15) is 51.0 Å². The zero-order valence-corrected chi connectivity index (χ0v) is 20.1. The number of hydrogen-bond acceptors (Lipinski definition) is 3. The van der Waals surface area contributed by atoms with E-state index in [1.807, 2.05) is 32.1 Å². The van der Waals surface area contributed by atoms with E-state index in [1.54, 1.807) is 29.3 Å². The standard InChI is InChI=1S/C27H36FN3O3/c1-5-9-20(4)29-18-23(19(3)6-2)17-25(26(32)33)30-27(34)31-14-8-11-21(13-15-31)22-10-7-12-24(28)16-22/h5-7,9-10,12,16,18,20-21,25,29H,2-3,8,11,13-15,17H2,1,4H3,(H,30,34)(H,32,33)/b9-5-,23-18-. The van der Waals surface area contributed by atoms with Gasteiger partial charge in [0.15, 0.2) is 0 Å². The number of nitrogens with one attached hydrogen (secondary N) is 2. The van der Waals surface area contributed by atoms with E-state index in [2.05, 4.69) is 23.8 Å². The molecule has 0 bridgehead atoms. The van der Waals surface area contributed by atoms with E-state index in [-0.39, 0.29) is 24.2 Å². The molecule has 0 saturated carbocycles. The van der Waals surface area contributed by atoms with Crippen LogP contribution >= 0.6 is 0 Å². The van der Waals surface area contributed by atoms with E-state index in [0.717, 1.165) is 18.4 Å². The van der Waals surface area contributed by atoms with Crippen LogP contribution in [0, 0.1) is 5.82 Å². The monoisotopic (exact) mass is 469 g/mol. The predicted octanol–water partition coefficient (Wildman–Crippen LogP) is 5.13. The Morgan fingerprint density at radius 1 is 1.32 bits per heavy atom. The van der Waals surface area contributed by atoms with Crippen molar-refractivity contribution in [2.45, 2.75) is 57.5 Å². The molecule has 3 N–H and O–H groups in total. The van der Waals surface area contributed by atoms with Gasteiger partial charge in [-0.3, -0.25) is 0 Å². The Hall–Kier alpha value is -3.35. The molecule has 3 unspecified atom stereocenters. The molecule has 3 atom stereocenters. The molecule has 1 aromatic carbocycles. The third-order valence-corrected chi connectivity index (χ3v) is 6.02. The Balaban J connectivity index is 2.05. The summed E-state index contributed by atoms with van der Waals surface area (Å²) in [5.41, 5.74) is 2.18. The number of benzene rings is 1. The molecule has 0 aromatic heterocycles. The molecule has 1 aliphatic rings. The number of nitrogens with zero attached hydrogens (tertiary/aromatic N) is 1. The lowest BCUT2D eigenvalue weighted by Gasteiger charge is -2.24. The van der Waals surface area contributed by atoms with Crippen LogP contribution in [0.4, 0.5) is 9.18 Å². The zero-order valence-electron chi connectivity index (χ0n) is 20.1. The Morgan fingerprint density at radius 3 is 2.74 bits per heavy atom. The summed E-state index contributed by atoms with van der Waals surface area (Å²) >= 11 is 0. The van der Waals surface area contributed by atoms with Gasteiger partial charge in [0.2, 0.25) is 0 Å². The van der Waals surface area contributed by atoms with Crippen molar-refractivity contribution >= 4 is 12.0 Å². The molecule has 0 aliphatic carbocycles. The van der Waals surface area contributed by atoms with Crippen molar-refractivity contribution < 1.29 is 19.1 Å². The fourth-order valence-electron chi connectivity index (χ4n) is 4.04. The number of carbonyl (C=O) groups excluding carboxylic acids is 1. The van der Waals surface area contributed by atoms with Crippen LogP contribution in [0.3, 0.4) is 0 Å². The Kier molecular flexibility index (Phi) is 10.6. The van der Waals surface area contributed by atoms with E-state index in [0.29, 0.717) is 30.7 Å². The summed E-state index contributed by atoms with van der Waals surface area (Å²) in [6.07, 6.45) is 9.56. The molecule has 2 rings (SSSR count). The smallest absolute Gasteiger partial charge is 0.326 e. The van der Waals surface area contributed by atoms with Crippen LogP contribution in [-0.4, -0.2) is 47.2 Å². The van der Waals surface area contributed by atoms with Gasteiger partial charge in [-0.25, -0.2) is 14.0 Å². The highest BCUT2D eigenvalue weighted by molar-refractivity contribution is 5.83. The number of halogens is 1. The summed E-state index contributed by atoms with van der Waals surface area (Å²) in [6.45, 7) is 12.6. The first-order chi connectivity index (χ1) is 16.2. The summed E-state index contributed by atoms with van der Waals surface area (Å²) in [4.78, 5) is 26.5. The summed E-state index contributed by atoms with van der Waals surface area (Å²) < 4.78 is 13.6. The molecule has 1 heterocycles. The minimum atomic E-state index is -1.12. The minimum absolute atomic E-state index is 0.0543. The van der Waals surface area contributed by atoms with Crippen LogP contribution in [-0.2, 0) is 4.79 Å². The van der Waals surface area contributed by atoms with Gasteiger partial charge in [0.25, 0.3) is 0 Å². The molecule has 184 valence electrons. The molecule has 0 radical (unpaired) electrons. The topological polar surface area (TPSA) is 81.7 Å². The number of carboxylic acid groups (broad SMARTS) is 1. The van der Waals surface area contributed by atoms with E-state index >= 15 is 0 Å². The van der Waals surface area contributed by atoms with Gasteiger partial charge in [-0.05, 0) is 67.9 Å². The molecule has 34 heavy (non-hydrogen) atoms. The van der Waals surface area contributed by atoms with Crippen molar-refractivity contribution in [1.82, 2.24) is 15.5 Å². The lowest BCUT2D eigenvalue weighted by Crippen LogP contribution is -2.48. The van der Waals surface area contributed by atoms with Crippen molar-refractivity contribution in [3.8, 4) is 0 Å². The normalized spacial score (nSPS) is 18.6. The van der Waals surface area contributed by atoms with Gasteiger partial charge in [0.1, 0.15) is 11.9 Å². The molecule has 1 fully saturated rings. The number of carbonyl (C=O) groups is 2. The molecule has 7 heteroatoms. The number of amides is 2. The highest BCUT2D eigenvalue weighted by Gasteiger charge is 2.27. The lowest BCUT2D eigenvalue weighted by atomic mass is 9.92. The van der Waals surface area contributed by atoms with Gasteiger partial charge in [-0.2, -0.15) is 0 Å². The maximum atomic E-state index is 13.6. The molecular weight excluding hydrogens is 433 g/mol. The number of carboxylic acids is 1. The number of rotatable bonds is 10. The average Bonchev–Trinajstić information content (AvgIpc) is 3.07. The Bertz CT molecular complexity index is 941. The van der Waals surface area contributed by atoms with Gasteiger partial charge in [0, 0.05) is 31.8 Å². The highest BCUT2D eigenvalue weighted by Crippen LogP contribution is 2.28. The van der Waals surface area contributed by atoms with E-state index < -0.39 is 18.0 Å². The third-order valence-electron chi connectivity index (χ3n) is 6.02. The van der Waals surface area contributed by atoms with Crippen LogP contribution < -0.4 is 10.6 Å². The van der Waals surface area contributed by atoms with Crippen molar-refractivity contribution in [1.29, 1.82) is 0 Å². The van der Waals surface area contributed by atoms with Crippen molar-refractivity contribution in [2.75, 3.05) is 13.1 Å². The van der Waals surface area contributed by atoms with Crippen LogP contribution in [0.2, 0.25) is 0 Å². The third kappa shape index (κ3) is 8.21. The molecule has 1 aromatic rings. The first kappa shape index (κ1) is 26.9. The van der Waals surface area contributed by atoms with Crippen LogP contribution in [0.5, 0.6) is 0 Å². The van der Waals surface area contributed by atoms with Gasteiger partial charge in [-0.15, -0.1) is 0 Å². The minimum Gasteiger partial charge on any atom is -0.480 e. The van der Waals surface area contributed by atoms with Crippen molar-refractivity contribution in [3.05, 3.63) is 84.4 Å². The number of urea groups is 1.